The number of nitrogens with one attached hydrogen (secondary N) is 1. The molecular formula is C14H17N5O. The van der Waals surface area contributed by atoms with Crippen molar-refractivity contribution >= 4 is 11.9 Å². The summed E-state index contributed by atoms with van der Waals surface area (Å²) >= 11 is 0. The van der Waals surface area contributed by atoms with Crippen LogP contribution >= 0.6 is 0 Å². The molecule has 0 bridgehead atoms. The second-order valence-electron chi connectivity index (χ2n) is 4.47. The van der Waals surface area contributed by atoms with Crippen molar-refractivity contribution in [1.29, 1.82) is 0 Å². The molecule has 0 amide bonds. The molecule has 1 aromatic carbocycles. The predicted octanol–water partition coefficient (Wildman–Crippen LogP) is 1.73. The molecule has 104 valence electrons. The maximum absolute atomic E-state index is 9.36. The van der Waals surface area contributed by atoms with E-state index in [0.717, 1.165) is 17.0 Å². The minimum absolute atomic E-state index is 0.210. The molecule has 0 spiro atoms. The van der Waals surface area contributed by atoms with Gasteiger partial charge >= 0.3 is 0 Å². The van der Waals surface area contributed by atoms with Crippen LogP contribution in [0.1, 0.15) is 17.0 Å². The Bertz CT molecular complexity index is 619. The number of aromatic nitrogens is 2. The molecule has 0 saturated carbocycles. The van der Waals surface area contributed by atoms with Crippen LogP contribution in [0.4, 0.5) is 5.95 Å². The van der Waals surface area contributed by atoms with E-state index in [1.807, 2.05) is 26.0 Å². The number of hydrogen-bond acceptors (Lipinski definition) is 4. The van der Waals surface area contributed by atoms with Gasteiger partial charge in [0.2, 0.25) is 5.95 Å². The summed E-state index contributed by atoms with van der Waals surface area (Å²) in [4.78, 5) is 12.6. The molecule has 4 N–H and O–H groups in total. The lowest BCUT2D eigenvalue weighted by Gasteiger charge is -2.06. The second-order valence-corrected chi connectivity index (χ2v) is 4.47. The van der Waals surface area contributed by atoms with E-state index >= 15 is 0 Å². The second kappa shape index (κ2) is 6.01. The lowest BCUT2D eigenvalue weighted by atomic mass is 10.2. The number of phenols is 1. The van der Waals surface area contributed by atoms with Crippen LogP contribution in [-0.2, 0) is 6.54 Å². The summed E-state index contributed by atoms with van der Waals surface area (Å²) in [6.07, 6.45) is 0. The average molecular weight is 271 g/mol. The Kier molecular flexibility index (Phi) is 4.14. The minimum atomic E-state index is 0.210. The molecule has 6 heteroatoms. The number of aliphatic imine (C=N–C) groups is 1. The van der Waals surface area contributed by atoms with Gasteiger partial charge < -0.3 is 10.8 Å². The highest BCUT2D eigenvalue weighted by Crippen LogP contribution is 2.11. The van der Waals surface area contributed by atoms with Gasteiger partial charge in [-0.15, -0.1) is 0 Å². The molecule has 0 aliphatic heterocycles. The number of benzene rings is 1. The largest absolute Gasteiger partial charge is 0.508 e. The summed E-state index contributed by atoms with van der Waals surface area (Å²) in [7, 11) is 0. The zero-order valence-corrected chi connectivity index (χ0v) is 11.5. The van der Waals surface area contributed by atoms with Crippen molar-refractivity contribution in [3.8, 4) is 5.75 Å². The number of hydrogen-bond donors (Lipinski definition) is 3. The molecule has 0 radical (unpaired) electrons. The highest BCUT2D eigenvalue weighted by molar-refractivity contribution is 5.90. The molecule has 0 aliphatic carbocycles. The van der Waals surface area contributed by atoms with Crippen LogP contribution in [-0.4, -0.2) is 21.0 Å². The predicted molar refractivity (Wildman–Crippen MR) is 78.6 cm³/mol. The lowest BCUT2D eigenvalue weighted by molar-refractivity contribution is 0.474. The molecule has 20 heavy (non-hydrogen) atoms. The third-order valence-corrected chi connectivity index (χ3v) is 2.56. The van der Waals surface area contributed by atoms with Gasteiger partial charge in [-0.1, -0.05) is 12.1 Å². The normalized spacial score (nSPS) is 11.4. The number of aromatic hydroxyl groups is 1. The number of rotatable bonds is 3. The molecule has 0 saturated heterocycles. The zero-order chi connectivity index (χ0) is 14.5. The maximum atomic E-state index is 9.36. The van der Waals surface area contributed by atoms with E-state index in [0.29, 0.717) is 12.5 Å². The Morgan fingerprint density at radius 3 is 2.60 bits per heavy atom. The van der Waals surface area contributed by atoms with Gasteiger partial charge in [-0.25, -0.2) is 15.0 Å². The minimum Gasteiger partial charge on any atom is -0.508 e. The molecule has 0 aliphatic rings. The molecule has 1 heterocycles. The fourth-order valence-electron chi connectivity index (χ4n) is 1.77. The topological polar surface area (TPSA) is 96.4 Å². The van der Waals surface area contributed by atoms with E-state index in [2.05, 4.69) is 20.3 Å². The first-order chi connectivity index (χ1) is 9.52. The molecule has 6 nitrogen and oxygen atoms in total. The van der Waals surface area contributed by atoms with E-state index in [1.165, 1.54) is 0 Å². The number of guanidine groups is 1. The molecule has 0 fully saturated rings. The first-order valence-electron chi connectivity index (χ1n) is 6.20. The summed E-state index contributed by atoms with van der Waals surface area (Å²) in [5.74, 6) is 0.875. The quantitative estimate of drug-likeness (QED) is 0.583. The van der Waals surface area contributed by atoms with Crippen LogP contribution in [0.5, 0.6) is 5.75 Å². The number of aryl methyl sites for hydroxylation is 2. The summed E-state index contributed by atoms with van der Waals surface area (Å²) in [6, 6.07) is 8.76. The highest BCUT2D eigenvalue weighted by Gasteiger charge is 2.01. The molecule has 0 atom stereocenters. The monoisotopic (exact) mass is 271 g/mol. The summed E-state index contributed by atoms with van der Waals surface area (Å²) in [5, 5.41) is 12.2. The average Bonchev–Trinajstić information content (AvgIpc) is 2.35. The van der Waals surface area contributed by atoms with Crippen LogP contribution in [0, 0.1) is 13.8 Å². The Labute approximate surface area is 117 Å². The third-order valence-electron chi connectivity index (χ3n) is 2.56. The van der Waals surface area contributed by atoms with Crippen molar-refractivity contribution in [3.63, 3.8) is 0 Å². The molecular weight excluding hydrogens is 254 g/mol. The van der Waals surface area contributed by atoms with Crippen molar-refractivity contribution in [2.24, 2.45) is 10.7 Å². The van der Waals surface area contributed by atoms with Crippen LogP contribution in [0.3, 0.4) is 0 Å². The Morgan fingerprint density at radius 2 is 1.95 bits per heavy atom. The SMILES string of the molecule is Cc1cc(C)nc(NC(N)=NCc2cccc(O)c2)n1. The summed E-state index contributed by atoms with van der Waals surface area (Å²) in [5.41, 5.74) is 8.38. The fourth-order valence-corrected chi connectivity index (χ4v) is 1.77. The van der Waals surface area contributed by atoms with Gasteiger partial charge in [-0.05, 0) is 37.6 Å². The van der Waals surface area contributed by atoms with Crippen molar-refractivity contribution in [2.75, 3.05) is 5.32 Å². The van der Waals surface area contributed by atoms with Gasteiger partial charge in [0, 0.05) is 11.4 Å². The molecule has 0 unspecified atom stereocenters. The Hall–Kier alpha value is -2.63. The lowest BCUT2D eigenvalue weighted by Crippen LogP contribution is -2.24. The number of anilines is 1. The van der Waals surface area contributed by atoms with Crippen LogP contribution in [0.25, 0.3) is 0 Å². The van der Waals surface area contributed by atoms with Gasteiger partial charge in [0.1, 0.15) is 5.75 Å². The van der Waals surface area contributed by atoms with Crippen molar-refractivity contribution in [2.45, 2.75) is 20.4 Å². The van der Waals surface area contributed by atoms with E-state index in [9.17, 15) is 5.11 Å². The van der Waals surface area contributed by atoms with E-state index < -0.39 is 0 Å². The van der Waals surface area contributed by atoms with Crippen molar-refractivity contribution in [1.82, 2.24) is 9.97 Å². The van der Waals surface area contributed by atoms with E-state index in [1.54, 1.807) is 18.2 Å². The Balaban J connectivity index is 2.04. The maximum Gasteiger partial charge on any atom is 0.229 e. The molecule has 2 rings (SSSR count). The first-order valence-corrected chi connectivity index (χ1v) is 6.20. The smallest absolute Gasteiger partial charge is 0.229 e. The van der Waals surface area contributed by atoms with Gasteiger partial charge in [-0.2, -0.15) is 0 Å². The third kappa shape index (κ3) is 3.94. The first kappa shape index (κ1) is 13.8. The van der Waals surface area contributed by atoms with Crippen LogP contribution in [0.15, 0.2) is 35.3 Å². The van der Waals surface area contributed by atoms with Gasteiger partial charge in [-0.3, -0.25) is 5.32 Å². The number of nitrogens with zero attached hydrogens (tertiary/aromatic N) is 3. The Morgan fingerprint density at radius 1 is 1.25 bits per heavy atom. The molecule has 2 aromatic rings. The van der Waals surface area contributed by atoms with Crippen LogP contribution < -0.4 is 11.1 Å². The van der Waals surface area contributed by atoms with Gasteiger partial charge in [0.25, 0.3) is 0 Å². The van der Waals surface area contributed by atoms with Gasteiger partial charge in [0.05, 0.1) is 6.54 Å². The fraction of sp³-hybridized carbons (Fsp3) is 0.214. The molecule has 1 aromatic heterocycles. The van der Waals surface area contributed by atoms with E-state index in [4.69, 9.17) is 5.73 Å². The van der Waals surface area contributed by atoms with Crippen molar-refractivity contribution < 1.29 is 5.11 Å². The summed E-state index contributed by atoms with van der Waals surface area (Å²) < 4.78 is 0. The van der Waals surface area contributed by atoms with Gasteiger partial charge in [0.15, 0.2) is 5.96 Å². The number of phenolic OH excluding ortho intramolecular Hbond substituents is 1. The standard InChI is InChI=1S/C14H17N5O/c1-9-6-10(2)18-14(17-9)19-13(15)16-8-11-4-3-5-12(20)7-11/h3-7,20H,8H2,1-2H3,(H3,15,16,17,18,19). The van der Waals surface area contributed by atoms with E-state index in [-0.39, 0.29) is 11.7 Å². The number of nitrogens with two attached hydrogens (primary N) is 1. The summed E-state index contributed by atoms with van der Waals surface area (Å²) in [6.45, 7) is 4.15. The zero-order valence-electron chi connectivity index (χ0n) is 11.5. The van der Waals surface area contributed by atoms with Crippen molar-refractivity contribution in [3.05, 3.63) is 47.3 Å². The highest BCUT2D eigenvalue weighted by atomic mass is 16.3. The van der Waals surface area contributed by atoms with Crippen LogP contribution in [0.2, 0.25) is 0 Å².